The summed E-state index contributed by atoms with van der Waals surface area (Å²) in [5.41, 5.74) is 1.45. The number of rotatable bonds is 6. The molecule has 158 valence electrons. The first-order valence-electron chi connectivity index (χ1n) is 9.60. The van der Waals surface area contributed by atoms with Crippen molar-refractivity contribution in [3.05, 3.63) is 53.6 Å². The van der Waals surface area contributed by atoms with Gasteiger partial charge in [0.05, 0.1) is 29.7 Å². The van der Waals surface area contributed by atoms with Crippen molar-refractivity contribution < 1.29 is 18.7 Å². The van der Waals surface area contributed by atoms with Gasteiger partial charge in [0.25, 0.3) is 0 Å². The standard InChI is InChI=1S/C22H19F2N5O2/c1-22(2,7-8-25)20-18(15(24)10-17(30)31)19-16(9-12-11-26-28-21(12)27-19)29(20)14-5-3-13(23)4-6-14/h3-6,9,11,15H,7,10H2,1-2H3,(H,30,31)(H,26,27,28)/t15-/m1/s1. The Labute approximate surface area is 175 Å². The number of aromatic nitrogens is 4. The van der Waals surface area contributed by atoms with Gasteiger partial charge in [-0.1, -0.05) is 13.8 Å². The maximum absolute atomic E-state index is 15.5. The van der Waals surface area contributed by atoms with Crippen LogP contribution in [-0.4, -0.2) is 30.8 Å². The molecule has 31 heavy (non-hydrogen) atoms. The minimum absolute atomic E-state index is 0.0523. The van der Waals surface area contributed by atoms with Gasteiger partial charge < -0.3 is 9.67 Å². The lowest BCUT2D eigenvalue weighted by atomic mass is 9.82. The van der Waals surface area contributed by atoms with Gasteiger partial charge in [-0.2, -0.15) is 10.4 Å². The summed E-state index contributed by atoms with van der Waals surface area (Å²) in [5, 5.41) is 26.0. The third-order valence-corrected chi connectivity index (χ3v) is 5.29. The first kappa shape index (κ1) is 20.5. The fraction of sp³-hybridized carbons (Fsp3) is 0.273. The van der Waals surface area contributed by atoms with Gasteiger partial charge in [-0.3, -0.25) is 9.89 Å². The van der Waals surface area contributed by atoms with Crippen molar-refractivity contribution in [1.29, 1.82) is 5.26 Å². The predicted octanol–water partition coefficient (Wildman–Crippen LogP) is 4.72. The zero-order valence-corrected chi connectivity index (χ0v) is 16.9. The van der Waals surface area contributed by atoms with Crippen molar-refractivity contribution in [2.75, 3.05) is 0 Å². The molecule has 0 amide bonds. The van der Waals surface area contributed by atoms with Gasteiger partial charge in [0.15, 0.2) is 5.65 Å². The van der Waals surface area contributed by atoms with E-state index >= 15 is 4.39 Å². The van der Waals surface area contributed by atoms with Crippen LogP contribution in [0.25, 0.3) is 27.8 Å². The minimum atomic E-state index is -1.86. The number of carbonyl (C=O) groups is 1. The van der Waals surface area contributed by atoms with E-state index in [1.54, 1.807) is 42.8 Å². The molecule has 2 N–H and O–H groups in total. The first-order chi connectivity index (χ1) is 14.7. The molecule has 1 atom stereocenters. The number of hydrogen-bond acceptors (Lipinski definition) is 4. The van der Waals surface area contributed by atoms with Gasteiger partial charge in [0, 0.05) is 34.2 Å². The summed E-state index contributed by atoms with van der Waals surface area (Å²) < 4.78 is 30.8. The number of aliphatic carboxylic acids is 1. The maximum atomic E-state index is 15.5. The number of aromatic amines is 1. The van der Waals surface area contributed by atoms with E-state index in [9.17, 15) is 19.6 Å². The molecule has 0 saturated carbocycles. The average Bonchev–Trinajstić information content (AvgIpc) is 3.28. The summed E-state index contributed by atoms with van der Waals surface area (Å²) in [4.78, 5) is 15.8. The molecular weight excluding hydrogens is 404 g/mol. The molecular formula is C22H19F2N5O2. The van der Waals surface area contributed by atoms with Crippen LogP contribution in [0.15, 0.2) is 36.5 Å². The van der Waals surface area contributed by atoms with Gasteiger partial charge in [-0.05, 0) is 30.3 Å². The molecule has 0 unspecified atom stereocenters. The van der Waals surface area contributed by atoms with Crippen molar-refractivity contribution in [1.82, 2.24) is 19.7 Å². The average molecular weight is 423 g/mol. The van der Waals surface area contributed by atoms with Gasteiger partial charge in [-0.25, -0.2) is 13.8 Å². The molecule has 4 aromatic rings. The van der Waals surface area contributed by atoms with Crippen molar-refractivity contribution in [3.63, 3.8) is 0 Å². The largest absolute Gasteiger partial charge is 0.481 e. The topological polar surface area (TPSA) is 108 Å². The molecule has 0 saturated heterocycles. The summed E-state index contributed by atoms with van der Waals surface area (Å²) >= 11 is 0. The molecule has 0 aliphatic rings. The van der Waals surface area contributed by atoms with Crippen LogP contribution >= 0.6 is 0 Å². The fourth-order valence-electron chi connectivity index (χ4n) is 3.95. The van der Waals surface area contributed by atoms with Crippen LogP contribution in [0.5, 0.6) is 0 Å². The van der Waals surface area contributed by atoms with Crippen LogP contribution in [0, 0.1) is 17.1 Å². The highest BCUT2D eigenvalue weighted by molar-refractivity contribution is 5.94. The monoisotopic (exact) mass is 423 g/mol. The maximum Gasteiger partial charge on any atom is 0.306 e. The van der Waals surface area contributed by atoms with Crippen molar-refractivity contribution >= 4 is 28.0 Å². The Hall–Kier alpha value is -3.80. The van der Waals surface area contributed by atoms with Gasteiger partial charge in [-0.15, -0.1) is 0 Å². The molecule has 3 heterocycles. The molecule has 1 aromatic carbocycles. The molecule has 0 aliphatic carbocycles. The third kappa shape index (κ3) is 3.50. The van der Waals surface area contributed by atoms with E-state index in [-0.39, 0.29) is 17.5 Å². The second-order valence-corrected chi connectivity index (χ2v) is 8.02. The van der Waals surface area contributed by atoms with E-state index in [1.165, 1.54) is 12.1 Å². The fourth-order valence-corrected chi connectivity index (χ4v) is 3.95. The van der Waals surface area contributed by atoms with Crippen LogP contribution in [-0.2, 0) is 10.2 Å². The molecule has 9 heteroatoms. The number of carboxylic acids is 1. The second-order valence-electron chi connectivity index (χ2n) is 8.02. The first-order valence-corrected chi connectivity index (χ1v) is 9.60. The Balaban J connectivity index is 2.17. The number of pyridine rings is 1. The number of H-pyrrole nitrogens is 1. The third-order valence-electron chi connectivity index (χ3n) is 5.29. The van der Waals surface area contributed by atoms with E-state index in [1.807, 2.05) is 0 Å². The number of carboxylic acid groups (broad SMARTS) is 1. The Morgan fingerprint density at radius 3 is 2.71 bits per heavy atom. The van der Waals surface area contributed by atoms with E-state index in [0.717, 1.165) is 0 Å². The molecule has 7 nitrogen and oxygen atoms in total. The zero-order valence-electron chi connectivity index (χ0n) is 16.9. The molecule has 0 bridgehead atoms. The number of nitrogens with one attached hydrogen (secondary N) is 1. The zero-order chi connectivity index (χ0) is 22.3. The van der Waals surface area contributed by atoms with Gasteiger partial charge >= 0.3 is 5.97 Å². The van der Waals surface area contributed by atoms with Crippen LogP contribution < -0.4 is 0 Å². The van der Waals surface area contributed by atoms with E-state index in [2.05, 4.69) is 21.3 Å². The number of hydrogen-bond donors (Lipinski definition) is 2. The Morgan fingerprint density at radius 1 is 1.35 bits per heavy atom. The summed E-state index contributed by atoms with van der Waals surface area (Å²) in [6.07, 6.45) is -0.978. The van der Waals surface area contributed by atoms with Crippen LogP contribution in [0.1, 0.15) is 44.1 Å². The van der Waals surface area contributed by atoms with E-state index < -0.39 is 29.8 Å². The Morgan fingerprint density at radius 2 is 2.06 bits per heavy atom. The predicted molar refractivity (Wildman–Crippen MR) is 110 cm³/mol. The summed E-state index contributed by atoms with van der Waals surface area (Å²) in [6.45, 7) is 3.57. The van der Waals surface area contributed by atoms with Crippen LogP contribution in [0.4, 0.5) is 8.78 Å². The molecule has 4 rings (SSSR count). The smallest absolute Gasteiger partial charge is 0.306 e. The molecule has 0 spiro atoms. The lowest BCUT2D eigenvalue weighted by Crippen LogP contribution is -2.23. The number of nitriles is 1. The summed E-state index contributed by atoms with van der Waals surface area (Å²) in [7, 11) is 0. The number of benzene rings is 1. The van der Waals surface area contributed by atoms with Gasteiger partial charge in [0.2, 0.25) is 0 Å². The molecule has 0 aliphatic heterocycles. The van der Waals surface area contributed by atoms with E-state index in [4.69, 9.17) is 0 Å². The SMILES string of the molecule is CC(C)(CC#N)c1c([C@H](F)CC(=O)O)c2nc3[nH]ncc3cc2n1-c1ccc(F)cc1. The lowest BCUT2D eigenvalue weighted by molar-refractivity contribution is -0.138. The molecule has 3 aromatic heterocycles. The van der Waals surface area contributed by atoms with E-state index in [0.29, 0.717) is 27.9 Å². The highest BCUT2D eigenvalue weighted by atomic mass is 19.1. The number of halogens is 2. The lowest BCUT2D eigenvalue weighted by Gasteiger charge is -2.27. The molecule has 0 radical (unpaired) electrons. The summed E-state index contributed by atoms with van der Waals surface area (Å²) in [6, 6.07) is 9.57. The number of nitrogens with zero attached hydrogens (tertiary/aromatic N) is 4. The minimum Gasteiger partial charge on any atom is -0.481 e. The molecule has 0 fully saturated rings. The van der Waals surface area contributed by atoms with Gasteiger partial charge in [0.1, 0.15) is 12.0 Å². The number of alkyl halides is 1. The Kier molecular flexibility index (Phi) is 4.93. The second kappa shape index (κ2) is 7.47. The Bertz CT molecular complexity index is 1330. The normalized spacial score (nSPS) is 12.9. The van der Waals surface area contributed by atoms with Crippen molar-refractivity contribution in [2.45, 2.75) is 38.3 Å². The van der Waals surface area contributed by atoms with Crippen molar-refractivity contribution in [3.8, 4) is 11.8 Å². The van der Waals surface area contributed by atoms with Crippen LogP contribution in [0.2, 0.25) is 0 Å². The highest BCUT2D eigenvalue weighted by Gasteiger charge is 2.36. The number of fused-ring (bicyclic) bond motifs is 2. The van der Waals surface area contributed by atoms with Crippen LogP contribution in [0.3, 0.4) is 0 Å². The van der Waals surface area contributed by atoms with Crippen molar-refractivity contribution in [2.24, 2.45) is 0 Å². The summed E-state index contributed by atoms with van der Waals surface area (Å²) in [5.74, 6) is -1.72. The quantitative estimate of drug-likeness (QED) is 0.467. The highest BCUT2D eigenvalue weighted by Crippen LogP contribution is 2.43.